The second-order valence-electron chi connectivity index (χ2n) is 5.90. The topological polar surface area (TPSA) is 71.9 Å². The van der Waals surface area contributed by atoms with Crippen LogP contribution in [0.3, 0.4) is 0 Å². The van der Waals surface area contributed by atoms with E-state index in [1.165, 1.54) is 6.20 Å². The van der Waals surface area contributed by atoms with E-state index in [1.807, 2.05) is 31.2 Å². The molecule has 2 aromatic rings. The van der Waals surface area contributed by atoms with Crippen LogP contribution in [-0.2, 0) is 4.74 Å². The summed E-state index contributed by atoms with van der Waals surface area (Å²) in [5.74, 6) is 0.960. The molecule has 1 N–H and O–H groups in total. The Bertz CT molecular complexity index is 721. The molecule has 0 aliphatic carbocycles. The first-order valence-corrected chi connectivity index (χ1v) is 8.79. The molecule has 0 radical (unpaired) electrons. The number of aromatic nitrogens is 1. The number of carbonyl (C=O) groups is 1. The van der Waals surface area contributed by atoms with Crippen molar-refractivity contribution >= 4 is 21.8 Å². The Morgan fingerprint density at radius 3 is 2.72 bits per heavy atom. The van der Waals surface area contributed by atoms with Gasteiger partial charge in [-0.05, 0) is 37.3 Å². The van der Waals surface area contributed by atoms with Crippen LogP contribution < -0.4 is 4.74 Å². The van der Waals surface area contributed by atoms with Crippen molar-refractivity contribution in [1.29, 1.82) is 0 Å². The minimum absolute atomic E-state index is 0.105. The Balaban J connectivity index is 1.67. The predicted octanol–water partition coefficient (Wildman–Crippen LogP) is 2.86. The number of hydrogen-bond acceptors (Lipinski definition) is 5. The van der Waals surface area contributed by atoms with Crippen LogP contribution in [0.25, 0.3) is 0 Å². The fourth-order valence-electron chi connectivity index (χ4n) is 2.69. The number of amides is 1. The number of morpholine rings is 1. The second-order valence-corrected chi connectivity index (χ2v) is 6.82. The molecular formula is C18H19BrN2O4. The van der Waals surface area contributed by atoms with E-state index >= 15 is 0 Å². The third-order valence-electron chi connectivity index (χ3n) is 3.84. The van der Waals surface area contributed by atoms with Gasteiger partial charge in [0.1, 0.15) is 5.75 Å². The summed E-state index contributed by atoms with van der Waals surface area (Å²) in [6.45, 7) is 2.64. The van der Waals surface area contributed by atoms with E-state index in [9.17, 15) is 9.90 Å². The van der Waals surface area contributed by atoms with Crippen LogP contribution in [0.4, 0.5) is 0 Å². The van der Waals surface area contributed by atoms with Gasteiger partial charge in [0.25, 0.3) is 5.91 Å². The lowest BCUT2D eigenvalue weighted by atomic mass is 10.2. The number of halogens is 1. The summed E-state index contributed by atoms with van der Waals surface area (Å²) in [5, 5.41) is 9.28. The molecule has 0 saturated carbocycles. The molecule has 1 aromatic carbocycles. The van der Waals surface area contributed by atoms with Gasteiger partial charge < -0.3 is 19.5 Å². The van der Waals surface area contributed by atoms with Gasteiger partial charge in [-0.1, -0.05) is 15.9 Å². The Kier molecular flexibility index (Phi) is 5.67. The zero-order valence-electron chi connectivity index (χ0n) is 13.8. The first-order chi connectivity index (χ1) is 12.0. The van der Waals surface area contributed by atoms with Gasteiger partial charge in [0, 0.05) is 29.8 Å². The first kappa shape index (κ1) is 17.8. The zero-order chi connectivity index (χ0) is 17.8. The molecule has 1 saturated heterocycles. The number of aliphatic hydroxyl groups excluding tert-OH is 1. The Labute approximate surface area is 154 Å². The number of rotatable bonds is 4. The van der Waals surface area contributed by atoms with E-state index in [1.54, 1.807) is 17.0 Å². The minimum atomic E-state index is -0.347. The largest absolute Gasteiger partial charge is 0.439 e. The van der Waals surface area contributed by atoms with Crippen LogP contribution >= 0.6 is 15.9 Å². The van der Waals surface area contributed by atoms with Crippen LogP contribution in [-0.4, -0.2) is 52.8 Å². The fourth-order valence-corrected chi connectivity index (χ4v) is 2.95. The van der Waals surface area contributed by atoms with Crippen molar-refractivity contribution in [3.63, 3.8) is 0 Å². The third kappa shape index (κ3) is 4.56. The standard InChI is InChI=1S/C18H19BrN2O4/c1-12-9-21(10-16(11-22)24-12)18(23)13-2-7-17(20-8-13)25-15-5-3-14(19)4-6-15/h2-8,12,16,22H,9-11H2,1H3/t12-,16-/m1/s1. The molecule has 0 unspecified atom stereocenters. The molecule has 1 aromatic heterocycles. The molecule has 1 aliphatic rings. The Hall–Kier alpha value is -1.96. The summed E-state index contributed by atoms with van der Waals surface area (Å²) in [6.07, 6.45) is 1.05. The highest BCUT2D eigenvalue weighted by Crippen LogP contribution is 2.22. The van der Waals surface area contributed by atoms with E-state index in [2.05, 4.69) is 20.9 Å². The van der Waals surface area contributed by atoms with Gasteiger partial charge in [0.05, 0.1) is 24.4 Å². The van der Waals surface area contributed by atoms with Crippen LogP contribution in [0.5, 0.6) is 11.6 Å². The maximum Gasteiger partial charge on any atom is 0.255 e. The summed E-state index contributed by atoms with van der Waals surface area (Å²) in [5.41, 5.74) is 0.481. The predicted molar refractivity (Wildman–Crippen MR) is 95.8 cm³/mol. The van der Waals surface area contributed by atoms with Crippen molar-refractivity contribution in [3.8, 4) is 11.6 Å². The monoisotopic (exact) mass is 406 g/mol. The van der Waals surface area contributed by atoms with Gasteiger partial charge in [-0.3, -0.25) is 4.79 Å². The molecule has 2 heterocycles. The third-order valence-corrected chi connectivity index (χ3v) is 4.37. The minimum Gasteiger partial charge on any atom is -0.439 e. The van der Waals surface area contributed by atoms with Crippen LogP contribution in [0.2, 0.25) is 0 Å². The number of pyridine rings is 1. The van der Waals surface area contributed by atoms with Crippen molar-refractivity contribution in [2.75, 3.05) is 19.7 Å². The number of ether oxygens (including phenoxy) is 2. The van der Waals surface area contributed by atoms with Crippen molar-refractivity contribution in [2.45, 2.75) is 19.1 Å². The van der Waals surface area contributed by atoms with Crippen molar-refractivity contribution in [1.82, 2.24) is 9.88 Å². The quantitative estimate of drug-likeness (QED) is 0.844. The molecule has 1 amide bonds. The Morgan fingerprint density at radius 1 is 1.32 bits per heavy atom. The molecule has 1 fully saturated rings. The van der Waals surface area contributed by atoms with Gasteiger partial charge in [0.2, 0.25) is 5.88 Å². The summed E-state index contributed by atoms with van der Waals surface area (Å²) in [7, 11) is 0. The average Bonchev–Trinajstić information content (AvgIpc) is 2.63. The van der Waals surface area contributed by atoms with Gasteiger partial charge >= 0.3 is 0 Å². The average molecular weight is 407 g/mol. The van der Waals surface area contributed by atoms with Crippen LogP contribution in [0.1, 0.15) is 17.3 Å². The summed E-state index contributed by atoms with van der Waals surface area (Å²) in [6, 6.07) is 10.8. The lowest BCUT2D eigenvalue weighted by molar-refractivity contribution is -0.0858. The highest BCUT2D eigenvalue weighted by molar-refractivity contribution is 9.10. The number of hydrogen-bond donors (Lipinski definition) is 1. The van der Waals surface area contributed by atoms with Gasteiger partial charge in [-0.2, -0.15) is 0 Å². The van der Waals surface area contributed by atoms with E-state index in [4.69, 9.17) is 9.47 Å². The van der Waals surface area contributed by atoms with E-state index in [-0.39, 0.29) is 24.7 Å². The molecule has 0 bridgehead atoms. The Morgan fingerprint density at radius 2 is 2.08 bits per heavy atom. The number of aliphatic hydroxyl groups is 1. The number of nitrogens with zero attached hydrogens (tertiary/aromatic N) is 2. The molecule has 6 nitrogen and oxygen atoms in total. The molecule has 0 spiro atoms. The van der Waals surface area contributed by atoms with Crippen molar-refractivity contribution < 1.29 is 19.4 Å². The van der Waals surface area contributed by atoms with Crippen molar-refractivity contribution in [3.05, 3.63) is 52.6 Å². The maximum absolute atomic E-state index is 12.6. The normalized spacial score (nSPS) is 20.4. The second kappa shape index (κ2) is 7.95. The summed E-state index contributed by atoms with van der Waals surface area (Å²) < 4.78 is 12.2. The smallest absolute Gasteiger partial charge is 0.255 e. The first-order valence-electron chi connectivity index (χ1n) is 8.00. The van der Waals surface area contributed by atoms with Crippen LogP contribution in [0.15, 0.2) is 47.1 Å². The van der Waals surface area contributed by atoms with Gasteiger partial charge in [-0.25, -0.2) is 4.98 Å². The number of carbonyl (C=O) groups excluding carboxylic acids is 1. The van der Waals surface area contributed by atoms with Gasteiger partial charge in [0.15, 0.2) is 0 Å². The molecular weight excluding hydrogens is 388 g/mol. The lowest BCUT2D eigenvalue weighted by Gasteiger charge is -2.36. The molecule has 7 heteroatoms. The molecule has 132 valence electrons. The summed E-state index contributed by atoms with van der Waals surface area (Å²) >= 11 is 3.37. The molecule has 25 heavy (non-hydrogen) atoms. The zero-order valence-corrected chi connectivity index (χ0v) is 15.3. The SMILES string of the molecule is C[C@@H]1CN(C(=O)c2ccc(Oc3ccc(Br)cc3)nc2)C[C@H](CO)O1. The molecule has 1 aliphatic heterocycles. The highest BCUT2D eigenvalue weighted by atomic mass is 79.9. The summed E-state index contributed by atoms with van der Waals surface area (Å²) in [4.78, 5) is 18.5. The molecule has 3 rings (SSSR count). The maximum atomic E-state index is 12.6. The van der Waals surface area contributed by atoms with E-state index < -0.39 is 0 Å². The van der Waals surface area contributed by atoms with Crippen LogP contribution in [0, 0.1) is 0 Å². The van der Waals surface area contributed by atoms with E-state index in [0.29, 0.717) is 30.3 Å². The van der Waals surface area contributed by atoms with Crippen molar-refractivity contribution in [2.24, 2.45) is 0 Å². The van der Waals surface area contributed by atoms with E-state index in [0.717, 1.165) is 4.47 Å². The fraction of sp³-hybridized carbons (Fsp3) is 0.333. The van der Waals surface area contributed by atoms with Gasteiger partial charge in [-0.15, -0.1) is 0 Å². The lowest BCUT2D eigenvalue weighted by Crippen LogP contribution is -2.50. The molecule has 2 atom stereocenters. The number of benzene rings is 1. The highest BCUT2D eigenvalue weighted by Gasteiger charge is 2.28.